The van der Waals surface area contributed by atoms with Crippen LogP contribution in [0.15, 0.2) is 6.07 Å². The fourth-order valence-corrected chi connectivity index (χ4v) is 0.902. The number of hydrogen-bond donors (Lipinski definition) is 2. The molecule has 0 fully saturated rings. The number of phenols is 2. The van der Waals surface area contributed by atoms with Crippen molar-refractivity contribution in [1.82, 2.24) is 0 Å². The molecule has 1 aromatic rings. The Hall–Kier alpha value is -1.92. The Labute approximate surface area is 81.5 Å². The molecule has 7 heteroatoms. The molecule has 0 bridgehead atoms. The SMILES string of the molecule is O=Cc1cc(OC(F)F)c(O)c(O)c1F. The molecule has 0 aliphatic heterocycles. The highest BCUT2D eigenvalue weighted by atomic mass is 19.3. The summed E-state index contributed by atoms with van der Waals surface area (Å²) in [6, 6.07) is 0.559. The van der Waals surface area contributed by atoms with Crippen LogP contribution in [0.2, 0.25) is 0 Å². The van der Waals surface area contributed by atoms with Crippen LogP contribution in [0.25, 0.3) is 0 Å². The second-order valence-electron chi connectivity index (χ2n) is 2.47. The number of carbonyl (C=O) groups excluding carboxylic acids is 1. The molecule has 1 aromatic carbocycles. The Morgan fingerprint density at radius 1 is 1.33 bits per heavy atom. The third kappa shape index (κ3) is 2.12. The van der Waals surface area contributed by atoms with Gasteiger partial charge in [-0.15, -0.1) is 0 Å². The molecule has 0 aliphatic rings. The molecular formula is C8H5F3O4. The van der Waals surface area contributed by atoms with Crippen LogP contribution in [0.5, 0.6) is 17.2 Å². The van der Waals surface area contributed by atoms with Crippen LogP contribution in [0.1, 0.15) is 10.4 Å². The van der Waals surface area contributed by atoms with Crippen molar-refractivity contribution in [2.24, 2.45) is 0 Å². The van der Waals surface area contributed by atoms with Crippen LogP contribution < -0.4 is 4.74 Å². The summed E-state index contributed by atoms with van der Waals surface area (Å²) in [5, 5.41) is 17.9. The Kier molecular flexibility index (Phi) is 3.03. The van der Waals surface area contributed by atoms with E-state index in [-0.39, 0.29) is 6.29 Å². The van der Waals surface area contributed by atoms with Gasteiger partial charge in [0.15, 0.2) is 23.6 Å². The van der Waals surface area contributed by atoms with Gasteiger partial charge in [0.25, 0.3) is 0 Å². The number of hydrogen-bond acceptors (Lipinski definition) is 4. The van der Waals surface area contributed by atoms with Crippen molar-refractivity contribution in [2.45, 2.75) is 6.61 Å². The number of benzene rings is 1. The van der Waals surface area contributed by atoms with Crippen molar-refractivity contribution >= 4 is 6.29 Å². The van der Waals surface area contributed by atoms with Gasteiger partial charge >= 0.3 is 6.61 Å². The van der Waals surface area contributed by atoms with E-state index in [2.05, 4.69) is 4.74 Å². The van der Waals surface area contributed by atoms with Crippen LogP contribution >= 0.6 is 0 Å². The molecular weight excluding hydrogens is 217 g/mol. The van der Waals surface area contributed by atoms with Crippen molar-refractivity contribution in [3.8, 4) is 17.2 Å². The van der Waals surface area contributed by atoms with Crippen LogP contribution in [0.3, 0.4) is 0 Å². The van der Waals surface area contributed by atoms with Crippen LogP contribution in [0.4, 0.5) is 13.2 Å². The average molecular weight is 222 g/mol. The van der Waals surface area contributed by atoms with Gasteiger partial charge in [0, 0.05) is 0 Å². The molecule has 0 atom stereocenters. The van der Waals surface area contributed by atoms with E-state index in [0.717, 1.165) is 0 Å². The van der Waals surface area contributed by atoms with E-state index in [1.165, 1.54) is 0 Å². The summed E-state index contributed by atoms with van der Waals surface area (Å²) in [4.78, 5) is 10.3. The Morgan fingerprint density at radius 3 is 2.40 bits per heavy atom. The summed E-state index contributed by atoms with van der Waals surface area (Å²) >= 11 is 0. The summed E-state index contributed by atoms with van der Waals surface area (Å²) < 4.78 is 40.2. The lowest BCUT2D eigenvalue weighted by Crippen LogP contribution is -2.03. The van der Waals surface area contributed by atoms with Crippen LogP contribution in [0, 0.1) is 5.82 Å². The third-order valence-corrected chi connectivity index (χ3v) is 1.55. The number of alkyl halides is 2. The summed E-state index contributed by atoms with van der Waals surface area (Å²) in [5.74, 6) is -4.76. The van der Waals surface area contributed by atoms with Gasteiger partial charge in [0.2, 0.25) is 5.75 Å². The van der Waals surface area contributed by atoms with E-state index in [4.69, 9.17) is 10.2 Å². The average Bonchev–Trinajstić information content (AvgIpc) is 2.18. The summed E-state index contributed by atoms with van der Waals surface area (Å²) in [5.41, 5.74) is -0.694. The van der Waals surface area contributed by atoms with Crippen LogP contribution in [-0.2, 0) is 0 Å². The number of phenolic OH excluding ortho intramolecular Hbond substituents is 2. The summed E-state index contributed by atoms with van der Waals surface area (Å²) in [7, 11) is 0. The maximum atomic E-state index is 12.9. The number of halogens is 3. The zero-order valence-electron chi connectivity index (χ0n) is 7.08. The van der Waals surface area contributed by atoms with Crippen molar-refractivity contribution in [2.75, 3.05) is 0 Å². The first kappa shape index (κ1) is 11.2. The predicted molar refractivity (Wildman–Crippen MR) is 41.7 cm³/mol. The maximum Gasteiger partial charge on any atom is 0.387 e. The van der Waals surface area contributed by atoms with E-state index in [1.54, 1.807) is 0 Å². The highest BCUT2D eigenvalue weighted by Gasteiger charge is 2.20. The zero-order chi connectivity index (χ0) is 11.6. The lowest BCUT2D eigenvalue weighted by atomic mass is 10.2. The molecule has 0 unspecified atom stereocenters. The number of carbonyl (C=O) groups is 1. The first-order valence-electron chi connectivity index (χ1n) is 3.61. The minimum atomic E-state index is -3.26. The van der Waals surface area contributed by atoms with Gasteiger partial charge < -0.3 is 14.9 Å². The Morgan fingerprint density at radius 2 is 1.93 bits per heavy atom. The molecule has 1 rings (SSSR count). The Balaban J connectivity index is 3.28. The Bertz CT molecular complexity index is 392. The standard InChI is InChI=1S/C8H5F3O4/c9-5-3(2-12)1-4(15-8(10)11)6(13)7(5)14/h1-2,8,13-14H. The zero-order valence-corrected chi connectivity index (χ0v) is 7.08. The highest BCUT2D eigenvalue weighted by Crippen LogP contribution is 2.39. The quantitative estimate of drug-likeness (QED) is 0.602. The maximum absolute atomic E-state index is 12.9. The molecule has 82 valence electrons. The van der Waals surface area contributed by atoms with Gasteiger partial charge in [-0.05, 0) is 6.07 Å². The normalized spacial score (nSPS) is 10.4. The number of ether oxygens (including phenoxy) is 1. The predicted octanol–water partition coefficient (Wildman–Crippen LogP) is 1.65. The first-order chi connectivity index (χ1) is 6.97. The highest BCUT2D eigenvalue weighted by molar-refractivity contribution is 5.78. The number of rotatable bonds is 3. The molecule has 0 saturated heterocycles. The number of aromatic hydroxyl groups is 2. The van der Waals surface area contributed by atoms with Gasteiger partial charge in [0.1, 0.15) is 0 Å². The van der Waals surface area contributed by atoms with E-state index in [0.29, 0.717) is 6.07 Å². The van der Waals surface area contributed by atoms with Gasteiger partial charge in [0.05, 0.1) is 5.56 Å². The molecule has 0 spiro atoms. The first-order valence-corrected chi connectivity index (χ1v) is 3.61. The second-order valence-corrected chi connectivity index (χ2v) is 2.47. The fourth-order valence-electron chi connectivity index (χ4n) is 0.902. The van der Waals surface area contributed by atoms with Crippen LogP contribution in [-0.4, -0.2) is 23.1 Å². The molecule has 0 aliphatic carbocycles. The molecule has 4 nitrogen and oxygen atoms in total. The van der Waals surface area contributed by atoms with Gasteiger partial charge in [-0.3, -0.25) is 4.79 Å². The lowest BCUT2D eigenvalue weighted by molar-refractivity contribution is -0.0514. The lowest BCUT2D eigenvalue weighted by Gasteiger charge is -2.09. The van der Waals surface area contributed by atoms with Gasteiger partial charge in [-0.1, -0.05) is 0 Å². The molecule has 2 N–H and O–H groups in total. The van der Waals surface area contributed by atoms with E-state index in [1.807, 2.05) is 0 Å². The second kappa shape index (κ2) is 4.07. The van der Waals surface area contributed by atoms with E-state index < -0.39 is 35.2 Å². The fraction of sp³-hybridized carbons (Fsp3) is 0.125. The molecule has 0 aromatic heterocycles. The largest absolute Gasteiger partial charge is 0.502 e. The topological polar surface area (TPSA) is 66.8 Å². The third-order valence-electron chi connectivity index (χ3n) is 1.55. The van der Waals surface area contributed by atoms with Crippen molar-refractivity contribution in [3.63, 3.8) is 0 Å². The minimum absolute atomic E-state index is 0.00712. The summed E-state index contributed by atoms with van der Waals surface area (Å²) in [6.45, 7) is -3.26. The van der Waals surface area contributed by atoms with Crippen molar-refractivity contribution in [3.05, 3.63) is 17.4 Å². The smallest absolute Gasteiger partial charge is 0.387 e. The van der Waals surface area contributed by atoms with E-state index in [9.17, 15) is 18.0 Å². The van der Waals surface area contributed by atoms with E-state index >= 15 is 0 Å². The minimum Gasteiger partial charge on any atom is -0.502 e. The molecule has 0 radical (unpaired) electrons. The van der Waals surface area contributed by atoms with Gasteiger partial charge in [-0.2, -0.15) is 8.78 Å². The molecule has 0 heterocycles. The molecule has 0 saturated carbocycles. The monoisotopic (exact) mass is 222 g/mol. The molecule has 15 heavy (non-hydrogen) atoms. The van der Waals surface area contributed by atoms with Crippen molar-refractivity contribution in [1.29, 1.82) is 0 Å². The number of aldehydes is 1. The van der Waals surface area contributed by atoms with Crippen molar-refractivity contribution < 1.29 is 32.9 Å². The molecule has 0 amide bonds. The van der Waals surface area contributed by atoms with Gasteiger partial charge in [-0.25, -0.2) is 4.39 Å². The summed E-state index contributed by atoms with van der Waals surface area (Å²) in [6.07, 6.45) is -0.00712.